The summed E-state index contributed by atoms with van der Waals surface area (Å²) in [6.07, 6.45) is 0.827. The molecule has 0 spiro atoms. The van der Waals surface area contributed by atoms with Gasteiger partial charge in [-0.15, -0.1) is 0 Å². The topological polar surface area (TPSA) is 61.8 Å². The van der Waals surface area contributed by atoms with Crippen molar-refractivity contribution in [1.29, 1.82) is 0 Å². The van der Waals surface area contributed by atoms with E-state index in [1.54, 1.807) is 0 Å². The van der Waals surface area contributed by atoms with E-state index in [1.807, 2.05) is 0 Å². The number of rotatable bonds is 6. The molecular weight excluding hydrogens is 263 g/mol. The first-order valence-corrected chi connectivity index (χ1v) is 6.74. The van der Waals surface area contributed by atoms with E-state index in [1.165, 1.54) is 18.2 Å². The zero-order chi connectivity index (χ0) is 14.4. The first kappa shape index (κ1) is 14.7. The third kappa shape index (κ3) is 3.91. The van der Waals surface area contributed by atoms with Crippen LogP contribution in [0.2, 0.25) is 0 Å². The number of nitrogens with zero attached hydrogens (tertiary/aromatic N) is 1. The third-order valence-electron chi connectivity index (χ3n) is 3.30. The van der Waals surface area contributed by atoms with Crippen molar-refractivity contribution in [3.63, 3.8) is 0 Å². The number of hydrogen-bond acceptors (Lipinski definition) is 4. The zero-order valence-corrected chi connectivity index (χ0v) is 11.3. The molecule has 1 heterocycles. The van der Waals surface area contributed by atoms with Gasteiger partial charge in [0.2, 0.25) is 0 Å². The van der Waals surface area contributed by atoms with Gasteiger partial charge in [-0.3, -0.25) is 4.90 Å². The van der Waals surface area contributed by atoms with Crippen LogP contribution in [0.4, 0.5) is 10.1 Å². The molecule has 1 saturated heterocycles. The molecule has 1 fully saturated rings. The molecule has 0 bridgehead atoms. The summed E-state index contributed by atoms with van der Waals surface area (Å²) < 4.78 is 18.9. The van der Waals surface area contributed by atoms with E-state index in [0.29, 0.717) is 6.54 Å². The van der Waals surface area contributed by atoms with Gasteiger partial charge in [0.25, 0.3) is 0 Å². The van der Waals surface area contributed by atoms with E-state index in [-0.39, 0.29) is 11.3 Å². The van der Waals surface area contributed by atoms with Crippen LogP contribution in [-0.4, -0.2) is 55.4 Å². The van der Waals surface area contributed by atoms with Crippen LogP contribution >= 0.6 is 0 Å². The molecule has 2 N–H and O–H groups in total. The van der Waals surface area contributed by atoms with Gasteiger partial charge in [-0.2, -0.15) is 0 Å². The van der Waals surface area contributed by atoms with Crippen LogP contribution in [0.25, 0.3) is 0 Å². The normalized spacial score (nSPS) is 16.1. The Kier molecular flexibility index (Phi) is 5.31. The highest BCUT2D eigenvalue weighted by molar-refractivity contribution is 5.94. The van der Waals surface area contributed by atoms with Gasteiger partial charge in [0.1, 0.15) is 5.82 Å². The number of hydrogen-bond donors (Lipinski definition) is 2. The number of anilines is 1. The number of carboxylic acid groups (broad SMARTS) is 1. The van der Waals surface area contributed by atoms with Crippen molar-refractivity contribution in [2.75, 3.05) is 44.7 Å². The Morgan fingerprint density at radius 2 is 2.15 bits per heavy atom. The fourth-order valence-corrected chi connectivity index (χ4v) is 2.22. The standard InChI is InChI=1S/C14H19FN2O3/c15-12-4-1-3-11(14(18)19)13(12)16-5-2-6-17-7-9-20-10-8-17/h1,3-4,16H,2,5-10H2,(H,18,19). The first-order valence-electron chi connectivity index (χ1n) is 6.74. The summed E-state index contributed by atoms with van der Waals surface area (Å²) >= 11 is 0. The predicted molar refractivity (Wildman–Crippen MR) is 73.7 cm³/mol. The molecule has 6 heteroatoms. The highest BCUT2D eigenvalue weighted by Crippen LogP contribution is 2.19. The van der Waals surface area contributed by atoms with Gasteiger partial charge < -0.3 is 15.2 Å². The minimum absolute atomic E-state index is 0.0311. The Labute approximate surface area is 117 Å². The number of carbonyl (C=O) groups is 1. The van der Waals surface area contributed by atoms with Crippen molar-refractivity contribution in [3.8, 4) is 0 Å². The highest BCUT2D eigenvalue weighted by atomic mass is 19.1. The largest absolute Gasteiger partial charge is 0.478 e. The van der Waals surface area contributed by atoms with Gasteiger partial charge in [-0.05, 0) is 25.1 Å². The number of halogens is 1. The van der Waals surface area contributed by atoms with Crippen molar-refractivity contribution in [1.82, 2.24) is 4.90 Å². The van der Waals surface area contributed by atoms with Crippen LogP contribution in [0.15, 0.2) is 18.2 Å². The number of aromatic carboxylic acids is 1. The molecule has 5 nitrogen and oxygen atoms in total. The zero-order valence-electron chi connectivity index (χ0n) is 11.3. The lowest BCUT2D eigenvalue weighted by atomic mass is 10.1. The molecule has 0 amide bonds. The number of nitrogens with one attached hydrogen (secondary N) is 1. The molecule has 0 radical (unpaired) electrons. The molecule has 0 atom stereocenters. The summed E-state index contributed by atoms with van der Waals surface area (Å²) in [7, 11) is 0. The average Bonchev–Trinajstić information content (AvgIpc) is 2.45. The molecule has 0 unspecified atom stereocenters. The SMILES string of the molecule is O=C(O)c1cccc(F)c1NCCCN1CCOCC1. The van der Waals surface area contributed by atoms with Gasteiger partial charge in [0.15, 0.2) is 0 Å². The van der Waals surface area contributed by atoms with Crippen LogP contribution in [0.1, 0.15) is 16.8 Å². The monoisotopic (exact) mass is 282 g/mol. The number of morpholine rings is 1. The maximum Gasteiger partial charge on any atom is 0.337 e. The van der Waals surface area contributed by atoms with Crippen LogP contribution in [0, 0.1) is 5.82 Å². The Balaban J connectivity index is 1.83. The highest BCUT2D eigenvalue weighted by Gasteiger charge is 2.14. The van der Waals surface area contributed by atoms with Crippen LogP contribution in [0.5, 0.6) is 0 Å². The van der Waals surface area contributed by atoms with Crippen LogP contribution in [0.3, 0.4) is 0 Å². The second kappa shape index (κ2) is 7.21. The van der Waals surface area contributed by atoms with Gasteiger partial charge in [0, 0.05) is 19.6 Å². The summed E-state index contributed by atoms with van der Waals surface area (Å²) in [6, 6.07) is 4.06. The molecule has 0 saturated carbocycles. The van der Waals surface area contributed by atoms with E-state index in [4.69, 9.17) is 9.84 Å². The average molecular weight is 282 g/mol. The van der Waals surface area contributed by atoms with E-state index >= 15 is 0 Å². The van der Waals surface area contributed by atoms with Crippen molar-refractivity contribution >= 4 is 11.7 Å². The Hall–Kier alpha value is -1.66. The summed E-state index contributed by atoms with van der Waals surface area (Å²) in [5.74, 6) is -1.66. The van der Waals surface area contributed by atoms with Crippen LogP contribution in [-0.2, 0) is 4.74 Å². The summed E-state index contributed by atoms with van der Waals surface area (Å²) in [4.78, 5) is 13.3. The number of para-hydroxylation sites is 1. The van der Waals surface area contributed by atoms with Crippen molar-refractivity contribution < 1.29 is 19.0 Å². The fourth-order valence-electron chi connectivity index (χ4n) is 2.22. The summed E-state index contributed by atoms with van der Waals surface area (Å²) in [6.45, 7) is 4.78. The molecule has 110 valence electrons. The molecule has 1 aromatic rings. The van der Waals surface area contributed by atoms with E-state index in [0.717, 1.165) is 39.3 Å². The maximum absolute atomic E-state index is 13.6. The second-order valence-electron chi connectivity index (χ2n) is 4.70. The Morgan fingerprint density at radius 3 is 2.85 bits per heavy atom. The third-order valence-corrected chi connectivity index (χ3v) is 3.30. The van der Waals surface area contributed by atoms with Gasteiger partial charge in [0.05, 0.1) is 24.5 Å². The van der Waals surface area contributed by atoms with Gasteiger partial charge in [-0.25, -0.2) is 9.18 Å². The quantitative estimate of drug-likeness (QED) is 0.777. The molecule has 20 heavy (non-hydrogen) atoms. The van der Waals surface area contributed by atoms with Crippen molar-refractivity contribution in [2.45, 2.75) is 6.42 Å². The molecular formula is C14H19FN2O3. The van der Waals surface area contributed by atoms with Crippen molar-refractivity contribution in [3.05, 3.63) is 29.6 Å². The molecule has 1 aromatic carbocycles. The number of carboxylic acids is 1. The number of ether oxygens (including phenoxy) is 1. The number of benzene rings is 1. The molecule has 2 rings (SSSR count). The summed E-state index contributed by atoms with van der Waals surface area (Å²) in [5.41, 5.74) is 0.0401. The van der Waals surface area contributed by atoms with E-state index in [2.05, 4.69) is 10.2 Å². The molecule has 0 aromatic heterocycles. The lowest BCUT2D eigenvalue weighted by Gasteiger charge is -2.26. The lowest BCUT2D eigenvalue weighted by Crippen LogP contribution is -2.37. The molecule has 0 aliphatic carbocycles. The van der Waals surface area contributed by atoms with E-state index < -0.39 is 11.8 Å². The molecule has 1 aliphatic rings. The minimum Gasteiger partial charge on any atom is -0.478 e. The van der Waals surface area contributed by atoms with Crippen molar-refractivity contribution in [2.24, 2.45) is 0 Å². The van der Waals surface area contributed by atoms with Gasteiger partial charge in [-0.1, -0.05) is 6.07 Å². The van der Waals surface area contributed by atoms with Crippen LogP contribution < -0.4 is 5.32 Å². The van der Waals surface area contributed by atoms with Gasteiger partial charge >= 0.3 is 5.97 Å². The van der Waals surface area contributed by atoms with E-state index in [9.17, 15) is 9.18 Å². The predicted octanol–water partition coefficient (Wildman–Crippen LogP) is 1.66. The first-order chi connectivity index (χ1) is 9.68. The minimum atomic E-state index is -1.12. The molecule has 1 aliphatic heterocycles. The maximum atomic E-state index is 13.6. The fraction of sp³-hybridized carbons (Fsp3) is 0.500. The Morgan fingerprint density at radius 1 is 1.40 bits per heavy atom. The summed E-state index contributed by atoms with van der Waals surface area (Å²) in [5, 5.41) is 11.9. The second-order valence-corrected chi connectivity index (χ2v) is 4.70. The Bertz CT molecular complexity index is 462. The smallest absolute Gasteiger partial charge is 0.337 e. The lowest BCUT2D eigenvalue weighted by molar-refractivity contribution is 0.0378.